The number of benzene rings is 1. The summed E-state index contributed by atoms with van der Waals surface area (Å²) >= 11 is 0. The Balaban J connectivity index is 1.58. The first-order valence-electron chi connectivity index (χ1n) is 10.5. The van der Waals surface area contributed by atoms with Crippen LogP contribution in [0.25, 0.3) is 44.3 Å². The van der Waals surface area contributed by atoms with Gasteiger partial charge in [-0.05, 0) is 41.3 Å². The molecule has 5 aromatic rings. The molecule has 1 aromatic carbocycles. The van der Waals surface area contributed by atoms with E-state index in [9.17, 15) is 4.21 Å². The van der Waals surface area contributed by atoms with Crippen molar-refractivity contribution in [3.05, 3.63) is 79.2 Å². The van der Waals surface area contributed by atoms with Crippen molar-refractivity contribution < 1.29 is 8.95 Å². The van der Waals surface area contributed by atoms with Crippen molar-refractivity contribution >= 4 is 32.9 Å². The van der Waals surface area contributed by atoms with Crippen molar-refractivity contribution in [1.82, 2.24) is 24.2 Å². The molecule has 1 unspecified atom stereocenters. The molecular weight excluding hydrogens is 434 g/mol. The van der Waals surface area contributed by atoms with Crippen molar-refractivity contribution in [2.75, 3.05) is 20.2 Å². The lowest BCUT2D eigenvalue weighted by atomic mass is 9.99. The van der Waals surface area contributed by atoms with Crippen LogP contribution in [-0.4, -0.2) is 48.6 Å². The van der Waals surface area contributed by atoms with E-state index in [1.54, 1.807) is 29.9 Å². The fourth-order valence-electron chi connectivity index (χ4n) is 3.91. The molecule has 0 fully saturated rings. The first-order chi connectivity index (χ1) is 16.2. The summed E-state index contributed by atoms with van der Waals surface area (Å²) in [6, 6.07) is 14.3. The van der Waals surface area contributed by atoms with E-state index >= 15 is 0 Å². The number of rotatable bonds is 8. The lowest BCUT2D eigenvalue weighted by Gasteiger charge is -2.15. The maximum atomic E-state index is 11.9. The van der Waals surface area contributed by atoms with E-state index in [4.69, 9.17) is 4.74 Å². The fraction of sp³-hybridized carbons (Fsp3) is 0.120. The number of aromatic amines is 2. The van der Waals surface area contributed by atoms with Gasteiger partial charge in [0, 0.05) is 54.2 Å². The fourth-order valence-corrected chi connectivity index (χ4v) is 4.42. The molecule has 0 aliphatic rings. The smallest absolute Gasteiger partial charge is 0.146 e. The molecule has 7 nitrogen and oxygen atoms in total. The lowest BCUT2D eigenvalue weighted by molar-refractivity contribution is 0.291. The number of nitrogens with one attached hydrogen (secondary N) is 2. The number of pyridine rings is 2. The van der Waals surface area contributed by atoms with Gasteiger partial charge in [0.2, 0.25) is 0 Å². The van der Waals surface area contributed by atoms with E-state index in [2.05, 4.69) is 50.8 Å². The summed E-state index contributed by atoms with van der Waals surface area (Å²) in [6.07, 6.45) is 7.19. The van der Waals surface area contributed by atoms with E-state index in [1.165, 1.54) is 5.41 Å². The van der Waals surface area contributed by atoms with Crippen molar-refractivity contribution in [2.24, 2.45) is 0 Å². The molecule has 166 valence electrons. The largest absolute Gasteiger partial charge is 0.490 e. The van der Waals surface area contributed by atoms with Crippen molar-refractivity contribution in [2.45, 2.75) is 0 Å². The van der Waals surface area contributed by atoms with Gasteiger partial charge in [-0.25, -0.2) is 8.51 Å². The molecule has 0 spiro atoms. The molecule has 4 heterocycles. The van der Waals surface area contributed by atoms with Gasteiger partial charge in [0.25, 0.3) is 0 Å². The monoisotopic (exact) mass is 457 g/mol. The van der Waals surface area contributed by atoms with Crippen LogP contribution < -0.4 is 4.74 Å². The number of H-pyrrole nitrogens is 2. The zero-order valence-corrected chi connectivity index (χ0v) is 18.9. The van der Waals surface area contributed by atoms with Gasteiger partial charge in [0.05, 0.1) is 22.9 Å². The second-order valence-corrected chi connectivity index (χ2v) is 9.08. The van der Waals surface area contributed by atoms with Crippen LogP contribution in [-0.2, 0) is 11.0 Å². The molecule has 0 aliphatic carbocycles. The minimum Gasteiger partial charge on any atom is -0.490 e. The minimum absolute atomic E-state index is 0.358. The first kappa shape index (κ1) is 21.1. The van der Waals surface area contributed by atoms with Crippen LogP contribution in [0.15, 0.2) is 79.2 Å². The molecule has 0 saturated heterocycles. The lowest BCUT2D eigenvalue weighted by Crippen LogP contribution is -2.25. The van der Waals surface area contributed by atoms with Crippen molar-refractivity contribution in [1.29, 1.82) is 0 Å². The number of hydrogen-bond acceptors (Lipinski definition) is 4. The normalized spacial score (nSPS) is 12.4. The van der Waals surface area contributed by atoms with E-state index < -0.39 is 11.0 Å². The molecule has 2 N–H and O–H groups in total. The highest BCUT2D eigenvalue weighted by Crippen LogP contribution is 2.41. The van der Waals surface area contributed by atoms with Crippen LogP contribution in [0.2, 0.25) is 0 Å². The predicted molar refractivity (Wildman–Crippen MR) is 133 cm³/mol. The summed E-state index contributed by atoms with van der Waals surface area (Å²) < 4.78 is 19.6. The van der Waals surface area contributed by atoms with Crippen LogP contribution in [0, 0.1) is 0 Å². The molecule has 0 aliphatic heterocycles. The van der Waals surface area contributed by atoms with Gasteiger partial charge in [0.15, 0.2) is 0 Å². The zero-order valence-electron chi connectivity index (χ0n) is 18.1. The van der Waals surface area contributed by atoms with Gasteiger partial charge in [0.1, 0.15) is 23.3 Å². The summed E-state index contributed by atoms with van der Waals surface area (Å²) in [7, 11) is 0.533. The van der Waals surface area contributed by atoms with Gasteiger partial charge in [-0.15, -0.1) is 0 Å². The molecule has 0 radical (unpaired) electrons. The van der Waals surface area contributed by atoms with E-state index in [0.29, 0.717) is 18.9 Å². The average molecular weight is 458 g/mol. The Hall–Kier alpha value is -3.75. The van der Waals surface area contributed by atoms with Crippen LogP contribution >= 0.6 is 0 Å². The SMILES string of the molecule is C=CS(=O)N(C)CCOc1cnccc1-c1[nH]c2cccnc2c1-c1ccc2cc[nH]c2c1. The highest BCUT2D eigenvalue weighted by Gasteiger charge is 2.19. The van der Waals surface area contributed by atoms with Crippen LogP contribution in [0.4, 0.5) is 0 Å². The second kappa shape index (κ2) is 9.01. The van der Waals surface area contributed by atoms with Gasteiger partial charge in [-0.3, -0.25) is 9.97 Å². The van der Waals surface area contributed by atoms with E-state index in [-0.39, 0.29) is 0 Å². The number of fused-ring (bicyclic) bond motifs is 2. The number of likely N-dealkylation sites (N-methyl/N-ethyl adjacent to an activating group) is 1. The maximum Gasteiger partial charge on any atom is 0.146 e. The van der Waals surface area contributed by atoms with Gasteiger partial charge >= 0.3 is 0 Å². The van der Waals surface area contributed by atoms with Crippen LogP contribution in [0.5, 0.6) is 5.75 Å². The number of nitrogens with zero attached hydrogens (tertiary/aromatic N) is 3. The predicted octanol–water partition coefficient (Wildman–Crippen LogP) is 4.89. The Morgan fingerprint density at radius 1 is 1.18 bits per heavy atom. The summed E-state index contributed by atoms with van der Waals surface area (Å²) in [5, 5.41) is 2.56. The molecule has 0 bridgehead atoms. The quantitative estimate of drug-likeness (QED) is 0.347. The summed E-state index contributed by atoms with van der Waals surface area (Å²) in [5.41, 5.74) is 6.75. The third-order valence-electron chi connectivity index (χ3n) is 5.57. The summed E-state index contributed by atoms with van der Waals surface area (Å²) in [5.74, 6) is 0.643. The molecule has 8 heteroatoms. The maximum absolute atomic E-state index is 11.9. The minimum atomic E-state index is -1.23. The highest BCUT2D eigenvalue weighted by molar-refractivity contribution is 7.85. The molecule has 4 aromatic heterocycles. The zero-order chi connectivity index (χ0) is 22.8. The van der Waals surface area contributed by atoms with Gasteiger partial charge in [-0.2, -0.15) is 0 Å². The van der Waals surface area contributed by atoms with Gasteiger partial charge < -0.3 is 14.7 Å². The first-order valence-corrected chi connectivity index (χ1v) is 11.7. The third kappa shape index (κ3) is 4.06. The standard InChI is InChI=1S/C25H23N5O2S/c1-3-33(31)30(2)13-14-32-22-16-26-11-9-19(22)24-23(25-20(29-24)5-4-10-28-25)18-7-6-17-8-12-27-21(17)15-18/h3-12,15-16,27,29H,1,13-14H2,2H3. The van der Waals surface area contributed by atoms with Crippen molar-refractivity contribution in [3.8, 4) is 28.1 Å². The van der Waals surface area contributed by atoms with E-state index in [0.717, 1.165) is 44.3 Å². The highest BCUT2D eigenvalue weighted by atomic mass is 32.2. The summed E-state index contributed by atoms with van der Waals surface area (Å²) in [4.78, 5) is 15.8. The molecular formula is C25H23N5O2S. The Bertz CT molecular complexity index is 1470. The molecule has 0 saturated carbocycles. The Morgan fingerprint density at radius 2 is 2.09 bits per heavy atom. The average Bonchev–Trinajstić information content (AvgIpc) is 3.47. The molecule has 1 atom stereocenters. The molecule has 5 rings (SSSR count). The van der Waals surface area contributed by atoms with Gasteiger partial charge in [-0.1, -0.05) is 18.7 Å². The number of aromatic nitrogens is 4. The van der Waals surface area contributed by atoms with Crippen LogP contribution in [0.1, 0.15) is 0 Å². The number of ether oxygens (including phenoxy) is 1. The Labute approximate surface area is 193 Å². The third-order valence-corrected chi connectivity index (χ3v) is 6.65. The Kier molecular flexibility index (Phi) is 5.77. The molecule has 0 amide bonds. The van der Waals surface area contributed by atoms with Crippen LogP contribution in [0.3, 0.4) is 0 Å². The summed E-state index contributed by atoms with van der Waals surface area (Å²) in [6.45, 7) is 4.41. The topological polar surface area (TPSA) is 86.9 Å². The number of hydrogen-bond donors (Lipinski definition) is 2. The Morgan fingerprint density at radius 3 is 2.97 bits per heavy atom. The second-order valence-electron chi connectivity index (χ2n) is 7.57. The molecule has 33 heavy (non-hydrogen) atoms. The van der Waals surface area contributed by atoms with Crippen molar-refractivity contribution in [3.63, 3.8) is 0 Å². The van der Waals surface area contributed by atoms with E-state index in [1.807, 2.05) is 24.4 Å².